The van der Waals surface area contributed by atoms with Crippen molar-refractivity contribution in [3.8, 4) is 0 Å². The Labute approximate surface area is 184 Å². The van der Waals surface area contributed by atoms with Gasteiger partial charge in [-0.25, -0.2) is 4.39 Å². The number of hydrogen-bond donors (Lipinski definition) is 1. The number of benzene rings is 1. The van der Waals surface area contributed by atoms with Gasteiger partial charge in [0.25, 0.3) is 5.91 Å². The molecule has 0 bridgehead atoms. The Morgan fingerprint density at radius 1 is 1.31 bits per heavy atom. The molecule has 0 spiro atoms. The first-order valence-corrected chi connectivity index (χ1v) is 9.58. The second-order valence-electron chi connectivity index (χ2n) is 6.81. The third-order valence-corrected chi connectivity index (χ3v) is 4.92. The number of aromatic nitrogens is 5. The highest BCUT2D eigenvalue weighted by atomic mass is 35.5. The van der Waals surface area contributed by atoms with Gasteiger partial charge >= 0.3 is 5.82 Å². The zero-order valence-electron chi connectivity index (χ0n) is 16.5. The van der Waals surface area contributed by atoms with Gasteiger partial charge in [-0.15, -0.1) is 0 Å². The minimum Gasteiger partial charge on any atom is -0.361 e. The van der Waals surface area contributed by atoms with Crippen LogP contribution < -0.4 is 5.32 Å². The molecule has 164 valence electrons. The van der Waals surface area contributed by atoms with E-state index < -0.39 is 16.6 Å². The zero-order chi connectivity index (χ0) is 22.8. The summed E-state index contributed by atoms with van der Waals surface area (Å²) >= 11 is 6.04. The van der Waals surface area contributed by atoms with Gasteiger partial charge in [0.2, 0.25) is 0 Å². The number of carbonyl (C=O) groups is 1. The molecule has 0 radical (unpaired) electrons. The normalized spacial score (nSPS) is 11.0. The van der Waals surface area contributed by atoms with Crippen LogP contribution in [0, 0.1) is 22.9 Å². The van der Waals surface area contributed by atoms with E-state index in [4.69, 9.17) is 16.1 Å². The summed E-state index contributed by atoms with van der Waals surface area (Å²) in [6.45, 7) is 1.97. The van der Waals surface area contributed by atoms with Gasteiger partial charge in [0.1, 0.15) is 11.6 Å². The van der Waals surface area contributed by atoms with Crippen LogP contribution in [0.1, 0.15) is 27.4 Å². The quantitative estimate of drug-likeness (QED) is 0.330. The first kappa shape index (κ1) is 21.2. The molecule has 0 unspecified atom stereocenters. The first-order valence-electron chi connectivity index (χ1n) is 9.21. The van der Waals surface area contributed by atoms with Crippen molar-refractivity contribution in [2.75, 3.05) is 5.32 Å². The van der Waals surface area contributed by atoms with Gasteiger partial charge in [-0.3, -0.25) is 9.48 Å². The second kappa shape index (κ2) is 8.59. The summed E-state index contributed by atoms with van der Waals surface area (Å²) < 4.78 is 21.2. The lowest BCUT2D eigenvalue weighted by molar-refractivity contribution is -0.389. The fourth-order valence-electron chi connectivity index (χ4n) is 2.98. The van der Waals surface area contributed by atoms with Crippen LogP contribution in [0.4, 0.5) is 15.9 Å². The molecule has 0 aliphatic heterocycles. The molecule has 32 heavy (non-hydrogen) atoms. The number of nitrogens with zero attached hydrogens (tertiary/aromatic N) is 6. The average Bonchev–Trinajstić information content (AvgIpc) is 3.46. The Hall–Kier alpha value is -4.06. The molecule has 0 aliphatic rings. The van der Waals surface area contributed by atoms with Crippen molar-refractivity contribution < 1.29 is 18.6 Å². The number of aryl methyl sites for hydroxylation is 1. The SMILES string of the molecule is Cc1onc(C(=O)Nc2cnn(Cc3ccc(F)cc3Cl)c2)c1Cn1ccc([N+](=O)[O-])n1. The highest BCUT2D eigenvalue weighted by Crippen LogP contribution is 2.20. The third kappa shape index (κ3) is 4.49. The number of nitrogens with one attached hydrogen (secondary N) is 1. The second-order valence-corrected chi connectivity index (χ2v) is 7.22. The summed E-state index contributed by atoms with van der Waals surface area (Å²) in [6.07, 6.45) is 4.46. The topological polar surface area (TPSA) is 134 Å². The van der Waals surface area contributed by atoms with Crippen LogP contribution in [-0.4, -0.2) is 35.5 Å². The number of halogens is 2. The number of amides is 1. The Kier molecular flexibility index (Phi) is 5.69. The zero-order valence-corrected chi connectivity index (χ0v) is 17.3. The molecule has 0 saturated carbocycles. The molecular weight excluding hydrogens is 445 g/mol. The van der Waals surface area contributed by atoms with Gasteiger partial charge in [-0.05, 0) is 29.5 Å². The Bertz CT molecular complexity index is 1310. The maximum Gasteiger partial charge on any atom is 0.389 e. The van der Waals surface area contributed by atoms with Crippen LogP contribution in [0.5, 0.6) is 0 Å². The first-order chi connectivity index (χ1) is 15.3. The van der Waals surface area contributed by atoms with Crippen LogP contribution in [0.3, 0.4) is 0 Å². The van der Waals surface area contributed by atoms with Crippen LogP contribution in [0.15, 0.2) is 47.4 Å². The number of hydrogen-bond acceptors (Lipinski definition) is 7. The van der Waals surface area contributed by atoms with Gasteiger partial charge in [-0.1, -0.05) is 22.8 Å². The average molecular weight is 460 g/mol. The maximum absolute atomic E-state index is 13.2. The molecule has 3 aromatic heterocycles. The summed E-state index contributed by atoms with van der Waals surface area (Å²) in [6, 6.07) is 5.33. The standard InChI is InChI=1S/C19H15ClFN7O4/c1-11-15(10-26-5-4-17(24-26)28(30)31)18(25-32-11)19(29)23-14-7-22-27(9-14)8-12-2-3-13(21)6-16(12)20/h2-7,9H,8,10H2,1H3,(H,23,29). The van der Waals surface area contributed by atoms with Crippen molar-refractivity contribution in [1.29, 1.82) is 0 Å². The molecule has 3 heterocycles. The minimum absolute atomic E-state index is 0.0231. The predicted octanol–water partition coefficient (Wildman–Crippen LogP) is 3.43. The predicted molar refractivity (Wildman–Crippen MR) is 110 cm³/mol. The number of rotatable bonds is 7. The summed E-state index contributed by atoms with van der Waals surface area (Å²) in [4.78, 5) is 22.9. The lowest BCUT2D eigenvalue weighted by Gasteiger charge is -2.05. The molecule has 11 nitrogen and oxygen atoms in total. The molecule has 1 N–H and O–H groups in total. The van der Waals surface area contributed by atoms with Crippen LogP contribution >= 0.6 is 11.6 Å². The molecule has 1 amide bonds. The Morgan fingerprint density at radius 2 is 2.12 bits per heavy atom. The Morgan fingerprint density at radius 3 is 2.84 bits per heavy atom. The highest BCUT2D eigenvalue weighted by molar-refractivity contribution is 6.31. The number of carbonyl (C=O) groups excluding carboxylic acids is 1. The third-order valence-electron chi connectivity index (χ3n) is 4.57. The van der Waals surface area contributed by atoms with E-state index in [1.54, 1.807) is 19.2 Å². The van der Waals surface area contributed by atoms with Crippen molar-refractivity contribution in [2.24, 2.45) is 0 Å². The summed E-state index contributed by atoms with van der Waals surface area (Å²) in [5.41, 5.74) is 1.52. The maximum atomic E-state index is 13.2. The van der Waals surface area contributed by atoms with Crippen molar-refractivity contribution in [3.05, 3.63) is 86.4 Å². The minimum atomic E-state index is -0.610. The largest absolute Gasteiger partial charge is 0.389 e. The van der Waals surface area contributed by atoms with Gasteiger partial charge in [-0.2, -0.15) is 9.78 Å². The van der Waals surface area contributed by atoms with Crippen molar-refractivity contribution in [3.63, 3.8) is 0 Å². The van der Waals surface area contributed by atoms with E-state index in [1.807, 2.05) is 0 Å². The summed E-state index contributed by atoms with van der Waals surface area (Å²) in [5, 5.41) is 25.6. The van der Waals surface area contributed by atoms with E-state index in [0.717, 1.165) is 0 Å². The fourth-order valence-corrected chi connectivity index (χ4v) is 3.21. The van der Waals surface area contributed by atoms with Crippen LogP contribution in [0.25, 0.3) is 0 Å². The molecule has 1 aromatic carbocycles. The summed E-state index contributed by atoms with van der Waals surface area (Å²) in [7, 11) is 0. The van der Waals surface area contributed by atoms with Crippen molar-refractivity contribution in [2.45, 2.75) is 20.0 Å². The smallest absolute Gasteiger partial charge is 0.361 e. The monoisotopic (exact) mass is 459 g/mol. The van der Waals surface area contributed by atoms with Gasteiger partial charge in [0, 0.05) is 11.2 Å². The molecular formula is C19H15ClFN7O4. The molecule has 0 fully saturated rings. The van der Waals surface area contributed by atoms with Gasteiger partial charge < -0.3 is 20.0 Å². The number of nitro groups is 1. The molecule has 0 saturated heterocycles. The summed E-state index contributed by atoms with van der Waals surface area (Å²) in [5.74, 6) is -0.901. The van der Waals surface area contributed by atoms with Crippen molar-refractivity contribution >= 4 is 29.0 Å². The fraction of sp³-hybridized carbons (Fsp3) is 0.158. The van der Waals surface area contributed by atoms with E-state index in [0.29, 0.717) is 22.6 Å². The van der Waals surface area contributed by atoms with Crippen LogP contribution in [0.2, 0.25) is 5.02 Å². The van der Waals surface area contributed by atoms with E-state index in [2.05, 4.69) is 20.7 Å². The molecule has 0 atom stereocenters. The van der Waals surface area contributed by atoms with E-state index in [-0.39, 0.29) is 29.6 Å². The van der Waals surface area contributed by atoms with E-state index in [9.17, 15) is 19.3 Å². The molecule has 13 heteroatoms. The lowest BCUT2D eigenvalue weighted by Crippen LogP contribution is -2.15. The molecule has 0 aliphatic carbocycles. The van der Waals surface area contributed by atoms with Gasteiger partial charge in [0.15, 0.2) is 5.69 Å². The lowest BCUT2D eigenvalue weighted by atomic mass is 10.2. The molecule has 4 rings (SSSR count). The van der Waals surface area contributed by atoms with Crippen LogP contribution in [-0.2, 0) is 13.1 Å². The van der Waals surface area contributed by atoms with E-state index in [1.165, 1.54) is 40.0 Å². The highest BCUT2D eigenvalue weighted by Gasteiger charge is 2.23. The van der Waals surface area contributed by atoms with Gasteiger partial charge in [0.05, 0.1) is 47.9 Å². The molecule has 4 aromatic rings. The Balaban J connectivity index is 1.47. The number of anilines is 1. The van der Waals surface area contributed by atoms with E-state index >= 15 is 0 Å². The van der Waals surface area contributed by atoms with Crippen molar-refractivity contribution in [1.82, 2.24) is 24.7 Å².